The number of benzene rings is 6. The molecule has 0 radical (unpaired) electrons. The van der Waals surface area contributed by atoms with Gasteiger partial charge >= 0.3 is 11.9 Å². The van der Waals surface area contributed by atoms with E-state index in [0.717, 1.165) is 33.4 Å². The zero-order chi connectivity index (χ0) is 34.4. The summed E-state index contributed by atoms with van der Waals surface area (Å²) in [5.41, 5.74) is 6.24. The van der Waals surface area contributed by atoms with E-state index in [4.69, 9.17) is 0 Å². The highest BCUT2D eigenvalue weighted by molar-refractivity contribution is 5.94. The molecule has 0 atom stereocenters. The van der Waals surface area contributed by atoms with Gasteiger partial charge in [0.05, 0.1) is 11.1 Å². The lowest BCUT2D eigenvalue weighted by Crippen LogP contribution is -2.28. The molecule has 6 rings (SSSR count). The summed E-state index contributed by atoms with van der Waals surface area (Å²) >= 11 is 0. The van der Waals surface area contributed by atoms with E-state index in [0.29, 0.717) is 22.3 Å². The fourth-order valence-corrected chi connectivity index (χ4v) is 6.33. The molecule has 0 amide bonds. The van der Waals surface area contributed by atoms with Crippen LogP contribution in [0.4, 0.5) is 0 Å². The van der Waals surface area contributed by atoms with Gasteiger partial charge in [-0.05, 0) is 69.8 Å². The topological polar surface area (TPSA) is 74.6 Å². The predicted molar refractivity (Wildman–Crippen MR) is 195 cm³/mol. The molecule has 2 N–H and O–H groups in total. The molecular formula is C45H32O4. The number of hydrogen-bond acceptors (Lipinski definition) is 2. The van der Waals surface area contributed by atoms with Crippen LogP contribution in [0.15, 0.2) is 146 Å². The van der Waals surface area contributed by atoms with Crippen LogP contribution in [0.5, 0.6) is 0 Å². The van der Waals surface area contributed by atoms with Crippen molar-refractivity contribution >= 4 is 11.9 Å². The fourth-order valence-electron chi connectivity index (χ4n) is 6.33. The molecule has 4 heteroatoms. The average Bonchev–Trinajstić information content (AvgIpc) is 3.13. The Morgan fingerprint density at radius 2 is 0.755 bits per heavy atom. The maximum atomic E-state index is 12.8. The van der Waals surface area contributed by atoms with Gasteiger partial charge in [0.15, 0.2) is 0 Å². The van der Waals surface area contributed by atoms with E-state index in [-0.39, 0.29) is 11.1 Å². The molecule has 0 aliphatic carbocycles. The Hall–Kier alpha value is -6.62. The minimum Gasteiger partial charge on any atom is -0.478 e. The summed E-state index contributed by atoms with van der Waals surface area (Å²) < 4.78 is 0. The average molecular weight is 637 g/mol. The van der Waals surface area contributed by atoms with Crippen LogP contribution in [0.2, 0.25) is 0 Å². The summed E-state index contributed by atoms with van der Waals surface area (Å²) in [6.45, 7) is 3.67. The van der Waals surface area contributed by atoms with Gasteiger partial charge in [0, 0.05) is 27.7 Å². The van der Waals surface area contributed by atoms with Gasteiger partial charge < -0.3 is 10.2 Å². The Morgan fingerprint density at radius 3 is 1.14 bits per heavy atom. The van der Waals surface area contributed by atoms with Gasteiger partial charge in [0.2, 0.25) is 0 Å². The lowest BCUT2D eigenvalue weighted by atomic mass is 9.70. The van der Waals surface area contributed by atoms with Gasteiger partial charge in [-0.1, -0.05) is 147 Å². The van der Waals surface area contributed by atoms with Crippen LogP contribution in [-0.2, 0) is 5.41 Å². The second kappa shape index (κ2) is 14.0. The molecule has 4 nitrogen and oxygen atoms in total. The standard InChI is InChI=1S/C45H32O4/c1-45(2,41-35(21-13-25-39(41)43(46)47)29-27-33-19-9-11-23-37(33)31-15-5-3-6-16-31)42-36(22-14-26-40(42)44(48)49)30-28-34-20-10-12-24-38(34)32-17-7-4-8-18-32/h3-26H,1-2H3,(H,46,47)(H,48,49). The first-order valence-electron chi connectivity index (χ1n) is 15.8. The van der Waals surface area contributed by atoms with E-state index in [9.17, 15) is 19.8 Å². The van der Waals surface area contributed by atoms with Gasteiger partial charge in [-0.15, -0.1) is 0 Å². The third-order valence-corrected chi connectivity index (χ3v) is 8.53. The van der Waals surface area contributed by atoms with Gasteiger partial charge in [-0.25, -0.2) is 9.59 Å². The number of aromatic carboxylic acids is 2. The SMILES string of the molecule is CC(C)(c1c(C#Cc2ccccc2-c2ccccc2)cccc1C(=O)O)c1c(C#Cc2ccccc2-c2ccccc2)cccc1C(=O)O. The zero-order valence-corrected chi connectivity index (χ0v) is 27.1. The normalized spacial score (nSPS) is 10.7. The molecule has 236 valence electrons. The van der Waals surface area contributed by atoms with Crippen molar-refractivity contribution in [2.75, 3.05) is 0 Å². The number of carboxylic acids is 2. The van der Waals surface area contributed by atoms with Crippen LogP contribution in [-0.4, -0.2) is 22.2 Å². The van der Waals surface area contributed by atoms with E-state index in [1.54, 1.807) is 24.3 Å². The quantitative estimate of drug-likeness (QED) is 0.179. The Labute approximate surface area is 286 Å². The molecule has 0 bridgehead atoms. The Kier molecular flexibility index (Phi) is 9.25. The van der Waals surface area contributed by atoms with Crippen molar-refractivity contribution < 1.29 is 19.8 Å². The lowest BCUT2D eigenvalue weighted by Gasteiger charge is -2.31. The highest BCUT2D eigenvalue weighted by Gasteiger charge is 2.35. The van der Waals surface area contributed by atoms with Crippen molar-refractivity contribution in [3.8, 4) is 45.9 Å². The number of carboxylic acid groups (broad SMARTS) is 2. The molecule has 6 aromatic rings. The molecule has 0 heterocycles. The van der Waals surface area contributed by atoms with E-state index < -0.39 is 17.4 Å². The minimum absolute atomic E-state index is 0.0432. The number of hydrogen-bond donors (Lipinski definition) is 2. The van der Waals surface area contributed by atoms with Crippen molar-refractivity contribution in [2.45, 2.75) is 19.3 Å². The first kappa shape index (κ1) is 32.3. The smallest absolute Gasteiger partial charge is 0.336 e. The zero-order valence-electron chi connectivity index (χ0n) is 27.1. The van der Waals surface area contributed by atoms with Crippen LogP contribution < -0.4 is 0 Å². The third-order valence-electron chi connectivity index (χ3n) is 8.53. The van der Waals surface area contributed by atoms with Crippen molar-refractivity contribution in [1.82, 2.24) is 0 Å². The summed E-state index contributed by atoms with van der Waals surface area (Å²) in [6.07, 6.45) is 0. The van der Waals surface area contributed by atoms with Crippen molar-refractivity contribution in [1.29, 1.82) is 0 Å². The van der Waals surface area contributed by atoms with Crippen LogP contribution in [0.3, 0.4) is 0 Å². The molecule has 0 aromatic heterocycles. The van der Waals surface area contributed by atoms with E-state index in [1.807, 2.05) is 123 Å². The Morgan fingerprint density at radius 1 is 0.429 bits per heavy atom. The molecule has 49 heavy (non-hydrogen) atoms. The molecule has 0 spiro atoms. The summed E-state index contributed by atoms with van der Waals surface area (Å²) in [5, 5.41) is 20.8. The predicted octanol–water partition coefficient (Wildman–Crippen LogP) is 9.54. The van der Waals surface area contributed by atoms with Crippen molar-refractivity contribution in [2.24, 2.45) is 0 Å². The summed E-state index contributed by atoms with van der Waals surface area (Å²) in [6, 6.07) is 45.4. The largest absolute Gasteiger partial charge is 0.478 e. The van der Waals surface area contributed by atoms with Crippen LogP contribution in [0.25, 0.3) is 22.3 Å². The molecule has 0 saturated carbocycles. The molecule has 0 saturated heterocycles. The highest BCUT2D eigenvalue weighted by atomic mass is 16.4. The summed E-state index contributed by atoms with van der Waals surface area (Å²) in [7, 11) is 0. The number of rotatable bonds is 6. The molecule has 6 aromatic carbocycles. The first-order chi connectivity index (χ1) is 23.8. The highest BCUT2D eigenvalue weighted by Crippen LogP contribution is 2.40. The molecule has 0 aliphatic heterocycles. The summed E-state index contributed by atoms with van der Waals surface area (Å²) in [5.74, 6) is 10.9. The van der Waals surface area contributed by atoms with Crippen LogP contribution in [0, 0.1) is 23.7 Å². The molecule has 0 fully saturated rings. The Balaban J connectivity index is 1.54. The fraction of sp³-hybridized carbons (Fsp3) is 0.0667. The third kappa shape index (κ3) is 6.77. The summed E-state index contributed by atoms with van der Waals surface area (Å²) in [4.78, 5) is 25.5. The number of carbonyl (C=O) groups is 2. The van der Waals surface area contributed by atoms with Crippen molar-refractivity contribution in [3.05, 3.63) is 190 Å². The van der Waals surface area contributed by atoms with Gasteiger partial charge in [-0.3, -0.25) is 0 Å². The maximum Gasteiger partial charge on any atom is 0.336 e. The maximum absolute atomic E-state index is 12.8. The van der Waals surface area contributed by atoms with Crippen LogP contribution >= 0.6 is 0 Å². The second-order valence-corrected chi connectivity index (χ2v) is 12.0. The van der Waals surface area contributed by atoms with E-state index >= 15 is 0 Å². The van der Waals surface area contributed by atoms with E-state index in [2.05, 4.69) is 23.7 Å². The van der Waals surface area contributed by atoms with Crippen molar-refractivity contribution in [3.63, 3.8) is 0 Å². The van der Waals surface area contributed by atoms with Gasteiger partial charge in [-0.2, -0.15) is 0 Å². The Bertz CT molecular complexity index is 2150. The second-order valence-electron chi connectivity index (χ2n) is 12.0. The molecular weight excluding hydrogens is 604 g/mol. The van der Waals surface area contributed by atoms with Crippen LogP contribution in [0.1, 0.15) is 67.9 Å². The minimum atomic E-state index is -1.14. The van der Waals surface area contributed by atoms with Gasteiger partial charge in [0.25, 0.3) is 0 Å². The first-order valence-corrected chi connectivity index (χ1v) is 15.8. The monoisotopic (exact) mass is 636 g/mol. The lowest BCUT2D eigenvalue weighted by molar-refractivity contribution is 0.0686. The van der Waals surface area contributed by atoms with Gasteiger partial charge in [0.1, 0.15) is 0 Å². The molecule has 0 unspecified atom stereocenters. The molecule has 0 aliphatic rings. The van der Waals surface area contributed by atoms with E-state index in [1.165, 1.54) is 12.1 Å².